The molecule has 0 atom stereocenters. The Balaban J connectivity index is 2.47. The molecule has 0 saturated heterocycles. The van der Waals surface area contributed by atoms with Crippen molar-refractivity contribution in [3.05, 3.63) is 58.4 Å². The number of esters is 4. The number of benzene rings is 1. The van der Waals surface area contributed by atoms with E-state index in [0.29, 0.717) is 17.0 Å². The summed E-state index contributed by atoms with van der Waals surface area (Å²) in [6.07, 6.45) is 0. The molecule has 10 heteroatoms. The Hall–Kier alpha value is -3.66. The van der Waals surface area contributed by atoms with Crippen molar-refractivity contribution < 1.29 is 42.9 Å². The molecule has 0 saturated carbocycles. The Morgan fingerprint density at radius 2 is 1.13 bits per heavy atom. The second-order valence-corrected chi connectivity index (χ2v) is 11.2. The molecule has 0 aromatic heterocycles. The fourth-order valence-electron chi connectivity index (χ4n) is 3.80. The first-order valence-electron chi connectivity index (χ1n) is 12.5. The minimum Gasteiger partial charge on any atom is -0.427 e. The molecule has 1 heterocycles. The lowest BCUT2D eigenvalue weighted by molar-refractivity contribution is -0.172. The third-order valence-corrected chi connectivity index (χ3v) is 5.98. The zero-order valence-electron chi connectivity index (χ0n) is 24.2. The van der Waals surface area contributed by atoms with Gasteiger partial charge in [0.25, 0.3) is 0 Å². The van der Waals surface area contributed by atoms with Crippen LogP contribution >= 0.6 is 0 Å². The van der Waals surface area contributed by atoms with Gasteiger partial charge in [-0.25, -0.2) is 9.59 Å². The van der Waals surface area contributed by atoms with Gasteiger partial charge >= 0.3 is 23.9 Å². The summed E-state index contributed by atoms with van der Waals surface area (Å²) >= 11 is 0. The normalized spacial score (nSPS) is 14.7. The minimum absolute atomic E-state index is 0.0325. The van der Waals surface area contributed by atoms with Crippen LogP contribution in [-0.4, -0.2) is 56.2 Å². The summed E-state index contributed by atoms with van der Waals surface area (Å²) in [5.41, 5.74) is 0.356. The summed E-state index contributed by atoms with van der Waals surface area (Å²) in [6.45, 7) is 12.4. The topological polar surface area (TPSA) is 118 Å². The Morgan fingerprint density at radius 3 is 1.49 bits per heavy atom. The fourth-order valence-corrected chi connectivity index (χ4v) is 3.80. The second kappa shape index (κ2) is 12.9. The van der Waals surface area contributed by atoms with E-state index < -0.39 is 54.2 Å². The molecule has 0 spiro atoms. The van der Waals surface area contributed by atoms with Gasteiger partial charge in [0.15, 0.2) is 0 Å². The van der Waals surface area contributed by atoms with Crippen LogP contribution in [0.15, 0.2) is 52.9 Å². The van der Waals surface area contributed by atoms with Gasteiger partial charge < -0.3 is 28.6 Å². The Bertz CT molecular complexity index is 1070. The van der Waals surface area contributed by atoms with E-state index in [2.05, 4.69) is 0 Å². The largest absolute Gasteiger partial charge is 0.427 e. The van der Waals surface area contributed by atoms with E-state index in [4.69, 9.17) is 23.7 Å². The van der Waals surface area contributed by atoms with Gasteiger partial charge in [-0.2, -0.15) is 0 Å². The minimum atomic E-state index is -0.879. The fraction of sp³-hybridized carbons (Fsp3) is 0.517. The lowest BCUT2D eigenvalue weighted by atomic mass is 9.80. The highest BCUT2D eigenvalue weighted by Gasteiger charge is 2.41. The monoisotopic (exact) mass is 545 g/mol. The van der Waals surface area contributed by atoms with Gasteiger partial charge in [-0.3, -0.25) is 9.59 Å². The van der Waals surface area contributed by atoms with Gasteiger partial charge in [-0.15, -0.1) is 0 Å². The number of rotatable bonds is 9. The predicted molar refractivity (Wildman–Crippen MR) is 141 cm³/mol. The van der Waals surface area contributed by atoms with Crippen LogP contribution in [-0.2, 0) is 42.9 Å². The number of methoxy groups -OCH3 is 1. The molecule has 0 amide bonds. The summed E-state index contributed by atoms with van der Waals surface area (Å²) in [6, 6.07) is 8.92. The molecule has 10 nitrogen and oxygen atoms in total. The first-order valence-corrected chi connectivity index (χ1v) is 12.5. The van der Waals surface area contributed by atoms with Crippen LogP contribution in [0.5, 0.6) is 0 Å². The van der Waals surface area contributed by atoms with Crippen molar-refractivity contribution in [1.82, 2.24) is 4.90 Å². The van der Waals surface area contributed by atoms with Gasteiger partial charge in [0.1, 0.15) is 6.73 Å². The second-order valence-electron chi connectivity index (χ2n) is 11.2. The molecule has 39 heavy (non-hydrogen) atoms. The molecule has 214 valence electrons. The van der Waals surface area contributed by atoms with E-state index >= 15 is 0 Å². The molecular weight excluding hydrogens is 506 g/mol. The van der Waals surface area contributed by atoms with Crippen molar-refractivity contribution in [3.8, 4) is 0 Å². The van der Waals surface area contributed by atoms with Gasteiger partial charge in [-0.05, 0) is 61.0 Å². The van der Waals surface area contributed by atoms with Crippen LogP contribution in [0, 0.1) is 10.8 Å². The number of ether oxygens (including phenoxy) is 5. The van der Waals surface area contributed by atoms with E-state index in [-0.39, 0.29) is 17.9 Å². The third-order valence-electron chi connectivity index (χ3n) is 5.98. The molecule has 1 aliphatic rings. The lowest BCUT2D eigenvalue weighted by Gasteiger charge is -2.37. The molecule has 1 aliphatic heterocycles. The van der Waals surface area contributed by atoms with Crippen molar-refractivity contribution in [1.29, 1.82) is 0 Å². The zero-order valence-corrected chi connectivity index (χ0v) is 24.2. The van der Waals surface area contributed by atoms with Gasteiger partial charge in [0, 0.05) is 18.5 Å². The molecule has 0 radical (unpaired) electrons. The number of carbonyl (C=O) groups is 4. The maximum atomic E-state index is 13.5. The van der Waals surface area contributed by atoms with Crippen LogP contribution in [0.25, 0.3) is 0 Å². The smallest absolute Gasteiger partial charge is 0.339 e. The summed E-state index contributed by atoms with van der Waals surface area (Å²) in [5, 5.41) is 0. The standard InChI is InChI=1S/C29H39NO9/c1-18-21(24(31)36-16-38-26(33)28(3,4)5)23(20-13-11-10-12-14-20)22(19(2)30(18)15-35-9)25(32)37-17-39-27(34)29(6,7)8/h10-14,23H,15-17H2,1-9H3. The summed E-state index contributed by atoms with van der Waals surface area (Å²) in [5.74, 6) is -3.50. The zero-order chi connectivity index (χ0) is 29.5. The van der Waals surface area contributed by atoms with Crippen LogP contribution in [0.2, 0.25) is 0 Å². The number of allylic oxidation sites excluding steroid dienone is 2. The highest BCUT2D eigenvalue weighted by Crippen LogP contribution is 2.42. The number of hydrogen-bond acceptors (Lipinski definition) is 10. The van der Waals surface area contributed by atoms with E-state index in [1.807, 2.05) is 6.07 Å². The summed E-state index contributed by atoms with van der Waals surface area (Å²) in [7, 11) is 1.48. The number of hydrogen-bond donors (Lipinski definition) is 0. The van der Waals surface area contributed by atoms with Crippen molar-refractivity contribution in [2.24, 2.45) is 10.8 Å². The SMILES string of the molecule is COCN1C(C)=C(C(=O)OCOC(=O)C(C)(C)C)C(c2ccccc2)C(C(=O)OCOC(=O)C(C)(C)C)=C1C. The summed E-state index contributed by atoms with van der Waals surface area (Å²) < 4.78 is 26.3. The number of carbonyl (C=O) groups excluding carboxylic acids is 4. The molecule has 0 aliphatic carbocycles. The molecule has 1 aromatic rings. The van der Waals surface area contributed by atoms with Crippen molar-refractivity contribution in [2.45, 2.75) is 61.3 Å². The van der Waals surface area contributed by atoms with E-state index in [1.54, 1.807) is 84.6 Å². The highest BCUT2D eigenvalue weighted by atomic mass is 16.7. The highest BCUT2D eigenvalue weighted by molar-refractivity contribution is 6.00. The Morgan fingerprint density at radius 1 is 0.718 bits per heavy atom. The van der Waals surface area contributed by atoms with Gasteiger partial charge in [0.05, 0.1) is 27.9 Å². The molecule has 0 unspecified atom stereocenters. The van der Waals surface area contributed by atoms with Gasteiger partial charge in [-0.1, -0.05) is 30.3 Å². The van der Waals surface area contributed by atoms with E-state index in [1.165, 1.54) is 7.11 Å². The molecule has 0 fully saturated rings. The Kier molecular flexibility index (Phi) is 10.5. The van der Waals surface area contributed by atoms with Crippen LogP contribution in [0.3, 0.4) is 0 Å². The quantitative estimate of drug-likeness (QED) is 0.326. The van der Waals surface area contributed by atoms with Crippen molar-refractivity contribution in [3.63, 3.8) is 0 Å². The maximum absolute atomic E-state index is 13.5. The van der Waals surface area contributed by atoms with E-state index in [9.17, 15) is 19.2 Å². The van der Waals surface area contributed by atoms with Crippen LogP contribution in [0.4, 0.5) is 0 Å². The average molecular weight is 546 g/mol. The van der Waals surface area contributed by atoms with Crippen LogP contribution < -0.4 is 0 Å². The maximum Gasteiger partial charge on any atom is 0.339 e. The lowest BCUT2D eigenvalue weighted by Crippen LogP contribution is -2.37. The van der Waals surface area contributed by atoms with Gasteiger partial charge in [0.2, 0.25) is 13.6 Å². The Labute approximate surface area is 229 Å². The van der Waals surface area contributed by atoms with E-state index in [0.717, 1.165) is 0 Å². The molecule has 0 N–H and O–H groups in total. The molecular formula is C29H39NO9. The van der Waals surface area contributed by atoms with Crippen LogP contribution in [0.1, 0.15) is 66.9 Å². The average Bonchev–Trinajstić information content (AvgIpc) is 2.85. The first-order chi connectivity index (χ1) is 18.1. The third kappa shape index (κ3) is 7.92. The summed E-state index contributed by atoms with van der Waals surface area (Å²) in [4.78, 5) is 52.9. The van der Waals surface area contributed by atoms with Crippen molar-refractivity contribution >= 4 is 23.9 Å². The number of nitrogens with zero attached hydrogens (tertiary/aromatic N) is 1. The predicted octanol–water partition coefficient (Wildman–Crippen LogP) is 4.42. The molecule has 2 rings (SSSR count). The molecule has 1 aromatic carbocycles. The first kappa shape index (κ1) is 31.6. The molecule has 0 bridgehead atoms. The van der Waals surface area contributed by atoms with Crippen molar-refractivity contribution in [2.75, 3.05) is 27.4 Å².